The number of methoxy groups -OCH3 is 1. The van der Waals surface area contributed by atoms with E-state index in [2.05, 4.69) is 0 Å². The summed E-state index contributed by atoms with van der Waals surface area (Å²) in [6.07, 6.45) is 0. The van der Waals surface area contributed by atoms with Gasteiger partial charge in [0.05, 0.1) is 13.7 Å². The summed E-state index contributed by atoms with van der Waals surface area (Å²) in [6.45, 7) is 2.89. The zero-order valence-corrected chi connectivity index (χ0v) is 17.6. The van der Waals surface area contributed by atoms with Crippen molar-refractivity contribution in [3.63, 3.8) is 0 Å². The molecule has 0 aliphatic rings. The fraction of sp³-hybridized carbons (Fsp3) is 0.350. The van der Waals surface area contributed by atoms with Crippen molar-refractivity contribution in [1.29, 1.82) is 0 Å². The van der Waals surface area contributed by atoms with Crippen molar-refractivity contribution in [3.8, 4) is 11.5 Å². The zero-order chi connectivity index (χ0) is 20.9. The lowest BCUT2D eigenvalue weighted by molar-refractivity contribution is 0.0785. The average molecular weight is 407 g/mol. The molecule has 1 amide bonds. The molecule has 0 saturated carbocycles. The Balaban J connectivity index is 2.25. The van der Waals surface area contributed by atoms with Gasteiger partial charge in [-0.05, 0) is 42.8 Å². The molecular weight excluding hydrogens is 380 g/mol. The average Bonchev–Trinajstić information content (AvgIpc) is 2.68. The number of hydrogen-bond donors (Lipinski definition) is 0. The van der Waals surface area contributed by atoms with Crippen LogP contribution in [0.25, 0.3) is 0 Å². The lowest BCUT2D eigenvalue weighted by atomic mass is 10.1. The fourth-order valence-electron chi connectivity index (χ4n) is 2.63. The Morgan fingerprint density at radius 3 is 2.21 bits per heavy atom. The first-order valence-electron chi connectivity index (χ1n) is 8.78. The second-order valence-corrected chi connectivity index (χ2v) is 8.51. The van der Waals surface area contributed by atoms with E-state index in [1.54, 1.807) is 13.1 Å². The number of amides is 1. The highest BCUT2D eigenvalue weighted by Crippen LogP contribution is 2.27. The summed E-state index contributed by atoms with van der Waals surface area (Å²) in [5.74, 6) is 0.681. The summed E-state index contributed by atoms with van der Waals surface area (Å²) in [6, 6.07) is 11.9. The predicted octanol–water partition coefficient (Wildman–Crippen LogP) is 2.62. The van der Waals surface area contributed by atoms with E-state index < -0.39 is 10.0 Å². The second-order valence-electron chi connectivity index (χ2n) is 6.39. The zero-order valence-electron chi connectivity index (χ0n) is 16.8. The lowest BCUT2D eigenvalue weighted by Gasteiger charge is -2.19. The maximum Gasteiger partial charge on any atom is 0.253 e. The van der Waals surface area contributed by atoms with Gasteiger partial charge in [-0.15, -0.1) is 0 Å². The van der Waals surface area contributed by atoms with Gasteiger partial charge in [0.2, 0.25) is 10.0 Å². The summed E-state index contributed by atoms with van der Waals surface area (Å²) >= 11 is 0. The van der Waals surface area contributed by atoms with E-state index in [1.165, 1.54) is 38.2 Å². The van der Waals surface area contributed by atoms with Gasteiger partial charge in [-0.3, -0.25) is 4.79 Å². The summed E-state index contributed by atoms with van der Waals surface area (Å²) in [7, 11) is 2.18. The van der Waals surface area contributed by atoms with Gasteiger partial charge in [0, 0.05) is 33.3 Å². The third-order valence-electron chi connectivity index (χ3n) is 4.17. The normalized spacial score (nSPS) is 11.4. The van der Waals surface area contributed by atoms with Crippen molar-refractivity contribution >= 4 is 15.9 Å². The van der Waals surface area contributed by atoms with Crippen molar-refractivity contribution < 1.29 is 22.7 Å². The first-order chi connectivity index (χ1) is 13.2. The van der Waals surface area contributed by atoms with E-state index in [1.807, 2.05) is 31.2 Å². The first-order valence-corrected chi connectivity index (χ1v) is 10.2. The number of sulfonamides is 1. The first kappa shape index (κ1) is 21.7. The maximum atomic E-state index is 12.8. The van der Waals surface area contributed by atoms with E-state index in [4.69, 9.17) is 9.47 Å². The number of hydrogen-bond acceptors (Lipinski definition) is 5. The Labute approximate surface area is 166 Å². The summed E-state index contributed by atoms with van der Waals surface area (Å²) in [4.78, 5) is 14.3. The molecule has 0 aliphatic heterocycles. The van der Waals surface area contributed by atoms with Crippen molar-refractivity contribution in [1.82, 2.24) is 9.21 Å². The molecule has 7 nitrogen and oxygen atoms in total. The number of carbonyl (C=O) groups excluding carboxylic acids is 1. The van der Waals surface area contributed by atoms with Gasteiger partial charge in [0.15, 0.2) is 0 Å². The largest absolute Gasteiger partial charge is 0.495 e. The monoisotopic (exact) mass is 406 g/mol. The molecule has 8 heteroatoms. The van der Waals surface area contributed by atoms with Crippen LogP contribution >= 0.6 is 0 Å². The Morgan fingerprint density at radius 1 is 1.04 bits per heavy atom. The van der Waals surface area contributed by atoms with E-state index >= 15 is 0 Å². The summed E-state index contributed by atoms with van der Waals surface area (Å²) < 4.78 is 36.7. The van der Waals surface area contributed by atoms with Crippen molar-refractivity contribution in [2.45, 2.75) is 18.4 Å². The molecule has 0 saturated heterocycles. The Kier molecular flexibility index (Phi) is 7.04. The van der Waals surface area contributed by atoms with Gasteiger partial charge in [-0.25, -0.2) is 12.7 Å². The molecular formula is C20H26N2O5S. The van der Waals surface area contributed by atoms with Crippen molar-refractivity contribution in [2.24, 2.45) is 0 Å². The van der Waals surface area contributed by atoms with Crippen LogP contribution in [0.1, 0.15) is 22.8 Å². The molecule has 0 heterocycles. The molecule has 0 aromatic heterocycles. The van der Waals surface area contributed by atoms with Crippen LogP contribution in [0.3, 0.4) is 0 Å². The molecule has 28 heavy (non-hydrogen) atoms. The van der Waals surface area contributed by atoms with Crippen LogP contribution in [-0.2, 0) is 16.6 Å². The van der Waals surface area contributed by atoms with E-state index in [-0.39, 0.29) is 22.1 Å². The molecule has 152 valence electrons. The molecule has 2 rings (SSSR count). The van der Waals surface area contributed by atoms with Crippen LogP contribution in [0.15, 0.2) is 47.4 Å². The molecule has 0 radical (unpaired) electrons. The van der Waals surface area contributed by atoms with Crippen molar-refractivity contribution in [3.05, 3.63) is 53.6 Å². The summed E-state index contributed by atoms with van der Waals surface area (Å²) in [5.41, 5.74) is 1.21. The van der Waals surface area contributed by atoms with E-state index in [0.29, 0.717) is 13.2 Å². The smallest absolute Gasteiger partial charge is 0.253 e. The number of ether oxygens (including phenoxy) is 2. The molecule has 0 atom stereocenters. The molecule has 0 spiro atoms. The minimum absolute atomic E-state index is 0.0414. The SMILES string of the molecule is CCOc1ccc(CN(C)C(=O)c2ccc(OC)c(S(=O)(=O)N(C)C)c2)cc1. The number of benzene rings is 2. The fourth-order valence-corrected chi connectivity index (χ4v) is 3.71. The van der Waals surface area contributed by atoms with Gasteiger partial charge in [-0.2, -0.15) is 0 Å². The topological polar surface area (TPSA) is 76.1 Å². The second kappa shape index (κ2) is 9.07. The maximum absolute atomic E-state index is 12.8. The van der Waals surface area contributed by atoms with Gasteiger partial charge in [-0.1, -0.05) is 12.1 Å². The quantitative estimate of drug-likeness (QED) is 0.674. The van der Waals surface area contributed by atoms with Gasteiger partial charge in [0.25, 0.3) is 5.91 Å². The highest BCUT2D eigenvalue weighted by molar-refractivity contribution is 7.89. The van der Waals surface area contributed by atoms with Crippen LogP contribution in [0.5, 0.6) is 11.5 Å². The standard InChI is InChI=1S/C20H26N2O5S/c1-6-27-17-10-7-15(8-11-17)14-22(4)20(23)16-9-12-18(26-5)19(13-16)28(24,25)21(2)3/h7-13H,6,14H2,1-5H3. The molecule has 0 fully saturated rings. The van der Waals surface area contributed by atoms with Crippen LogP contribution in [-0.4, -0.2) is 58.4 Å². The van der Waals surface area contributed by atoms with Gasteiger partial charge < -0.3 is 14.4 Å². The van der Waals surface area contributed by atoms with Crippen LogP contribution in [0, 0.1) is 0 Å². The third kappa shape index (κ3) is 4.82. The van der Waals surface area contributed by atoms with Crippen molar-refractivity contribution in [2.75, 3.05) is 34.9 Å². The highest BCUT2D eigenvalue weighted by Gasteiger charge is 2.24. The van der Waals surface area contributed by atoms with Gasteiger partial charge >= 0.3 is 0 Å². The molecule has 0 aliphatic carbocycles. The van der Waals surface area contributed by atoms with Crippen LogP contribution in [0.4, 0.5) is 0 Å². The van der Waals surface area contributed by atoms with E-state index in [9.17, 15) is 13.2 Å². The molecule has 0 bridgehead atoms. The number of carbonyl (C=O) groups is 1. The van der Waals surface area contributed by atoms with Crippen LogP contribution < -0.4 is 9.47 Å². The highest BCUT2D eigenvalue weighted by atomic mass is 32.2. The van der Waals surface area contributed by atoms with Crippen LogP contribution in [0.2, 0.25) is 0 Å². The molecule has 0 N–H and O–H groups in total. The Morgan fingerprint density at radius 2 is 1.68 bits per heavy atom. The third-order valence-corrected chi connectivity index (χ3v) is 6.01. The minimum atomic E-state index is -3.75. The molecule has 0 unspecified atom stereocenters. The van der Waals surface area contributed by atoms with Gasteiger partial charge in [0.1, 0.15) is 16.4 Å². The predicted molar refractivity (Wildman–Crippen MR) is 107 cm³/mol. The van der Waals surface area contributed by atoms with E-state index in [0.717, 1.165) is 15.6 Å². The lowest BCUT2D eigenvalue weighted by Crippen LogP contribution is -2.27. The summed E-state index contributed by atoms with van der Waals surface area (Å²) in [5, 5.41) is 0. The number of rotatable bonds is 8. The Bertz CT molecular complexity index is 924. The Hall–Kier alpha value is -2.58. The minimum Gasteiger partial charge on any atom is -0.495 e. The number of nitrogens with zero attached hydrogens (tertiary/aromatic N) is 2. The molecule has 2 aromatic rings. The molecule has 2 aromatic carbocycles.